The molecule has 0 unspecified atom stereocenters. The van der Waals surface area contributed by atoms with Crippen LogP contribution in [0.25, 0.3) is 0 Å². The number of carbonyl (C=O) groups excluding carboxylic acids is 1. The molecule has 1 aromatic rings. The van der Waals surface area contributed by atoms with E-state index in [1.807, 2.05) is 26.0 Å². The minimum absolute atomic E-state index is 0.00902. The Morgan fingerprint density at radius 1 is 1.41 bits per heavy atom. The predicted octanol–water partition coefficient (Wildman–Crippen LogP) is 2.90. The minimum Gasteiger partial charge on any atom is -0.495 e. The summed E-state index contributed by atoms with van der Waals surface area (Å²) in [6, 6.07) is 3.95. The Hall–Kier alpha value is -1.22. The van der Waals surface area contributed by atoms with E-state index in [1.54, 1.807) is 19.1 Å². The van der Waals surface area contributed by atoms with Crippen LogP contribution in [0.2, 0.25) is 0 Å². The lowest BCUT2D eigenvalue weighted by atomic mass is 10.1. The molecule has 0 aliphatic carbocycles. The number of aryl methyl sites for hydroxylation is 2. The average molecular weight is 256 g/mol. The molecule has 94 valence electrons. The highest BCUT2D eigenvalue weighted by Gasteiger charge is 2.17. The van der Waals surface area contributed by atoms with Crippen molar-refractivity contribution in [2.24, 2.45) is 0 Å². The standard InChI is InChI=1S/C13H18ClNO2/c1-9-7-10(2)13(11(8-9)17-4)15(3)12(16)5-6-14/h7-8H,5-6H2,1-4H3. The number of hydrogen-bond acceptors (Lipinski definition) is 2. The van der Waals surface area contributed by atoms with Gasteiger partial charge in [0, 0.05) is 19.3 Å². The van der Waals surface area contributed by atoms with Crippen molar-refractivity contribution in [2.75, 3.05) is 24.9 Å². The summed E-state index contributed by atoms with van der Waals surface area (Å²) in [5, 5.41) is 0. The van der Waals surface area contributed by atoms with Gasteiger partial charge in [0.05, 0.1) is 12.8 Å². The third-order valence-corrected chi connectivity index (χ3v) is 2.84. The van der Waals surface area contributed by atoms with Gasteiger partial charge < -0.3 is 9.64 Å². The molecule has 0 radical (unpaired) electrons. The van der Waals surface area contributed by atoms with Gasteiger partial charge in [-0.05, 0) is 31.0 Å². The normalized spacial score (nSPS) is 10.2. The summed E-state index contributed by atoms with van der Waals surface area (Å²) < 4.78 is 5.33. The molecule has 0 saturated heterocycles. The smallest absolute Gasteiger partial charge is 0.228 e. The van der Waals surface area contributed by atoms with Crippen LogP contribution in [0.5, 0.6) is 5.75 Å². The van der Waals surface area contributed by atoms with Crippen LogP contribution in [-0.4, -0.2) is 25.9 Å². The molecule has 0 saturated carbocycles. The second-order valence-corrected chi connectivity index (χ2v) is 4.40. The number of hydrogen-bond donors (Lipinski definition) is 0. The highest BCUT2D eigenvalue weighted by molar-refractivity contribution is 6.19. The van der Waals surface area contributed by atoms with Crippen molar-refractivity contribution in [1.82, 2.24) is 0 Å². The summed E-state index contributed by atoms with van der Waals surface area (Å²) in [6.45, 7) is 3.97. The first kappa shape index (κ1) is 13.8. The summed E-state index contributed by atoms with van der Waals surface area (Å²) in [5.41, 5.74) is 2.95. The third-order valence-electron chi connectivity index (χ3n) is 2.65. The number of benzene rings is 1. The Kier molecular flexibility index (Phi) is 4.82. The maximum atomic E-state index is 11.8. The lowest BCUT2D eigenvalue weighted by molar-refractivity contribution is -0.117. The zero-order valence-electron chi connectivity index (χ0n) is 10.7. The van der Waals surface area contributed by atoms with E-state index in [4.69, 9.17) is 16.3 Å². The molecule has 17 heavy (non-hydrogen) atoms. The molecule has 0 aliphatic rings. The van der Waals surface area contributed by atoms with Crippen molar-refractivity contribution in [2.45, 2.75) is 20.3 Å². The molecule has 1 amide bonds. The molecular weight excluding hydrogens is 238 g/mol. The van der Waals surface area contributed by atoms with Crippen LogP contribution in [0.15, 0.2) is 12.1 Å². The molecule has 0 spiro atoms. The average Bonchev–Trinajstić information content (AvgIpc) is 2.27. The van der Waals surface area contributed by atoms with Crippen molar-refractivity contribution in [3.8, 4) is 5.75 Å². The fourth-order valence-electron chi connectivity index (χ4n) is 1.88. The van der Waals surface area contributed by atoms with Gasteiger partial charge in [0.25, 0.3) is 0 Å². The van der Waals surface area contributed by atoms with E-state index >= 15 is 0 Å². The highest BCUT2D eigenvalue weighted by Crippen LogP contribution is 2.32. The van der Waals surface area contributed by atoms with Gasteiger partial charge in [0.15, 0.2) is 0 Å². The number of carbonyl (C=O) groups is 1. The van der Waals surface area contributed by atoms with Crippen molar-refractivity contribution in [3.63, 3.8) is 0 Å². The highest BCUT2D eigenvalue weighted by atomic mass is 35.5. The summed E-state index contributed by atoms with van der Waals surface area (Å²) in [4.78, 5) is 13.4. The van der Waals surface area contributed by atoms with E-state index < -0.39 is 0 Å². The van der Waals surface area contributed by atoms with Crippen molar-refractivity contribution >= 4 is 23.2 Å². The lowest BCUT2D eigenvalue weighted by Gasteiger charge is -2.22. The monoisotopic (exact) mass is 255 g/mol. The van der Waals surface area contributed by atoms with E-state index in [0.717, 1.165) is 16.8 Å². The first-order chi connectivity index (χ1) is 8.01. The van der Waals surface area contributed by atoms with E-state index in [9.17, 15) is 4.79 Å². The van der Waals surface area contributed by atoms with E-state index in [1.165, 1.54) is 0 Å². The van der Waals surface area contributed by atoms with E-state index in [0.29, 0.717) is 18.1 Å². The number of rotatable bonds is 4. The van der Waals surface area contributed by atoms with Crippen LogP contribution in [0.3, 0.4) is 0 Å². The number of halogens is 1. The van der Waals surface area contributed by atoms with Crippen molar-refractivity contribution in [3.05, 3.63) is 23.3 Å². The van der Waals surface area contributed by atoms with Crippen molar-refractivity contribution in [1.29, 1.82) is 0 Å². The van der Waals surface area contributed by atoms with Gasteiger partial charge >= 0.3 is 0 Å². The molecular formula is C13H18ClNO2. The number of anilines is 1. The molecule has 0 bridgehead atoms. The molecule has 3 nitrogen and oxygen atoms in total. The summed E-state index contributed by atoms with van der Waals surface area (Å²) in [7, 11) is 3.35. The fourth-order valence-corrected chi connectivity index (χ4v) is 2.04. The summed E-state index contributed by atoms with van der Waals surface area (Å²) >= 11 is 5.59. The molecule has 1 aromatic carbocycles. The Balaban J connectivity index is 3.16. The first-order valence-corrected chi connectivity index (χ1v) is 6.02. The summed E-state index contributed by atoms with van der Waals surface area (Å²) in [5.74, 6) is 1.04. The van der Waals surface area contributed by atoms with Crippen LogP contribution in [0.1, 0.15) is 17.5 Å². The predicted molar refractivity (Wildman–Crippen MR) is 71.2 cm³/mol. The largest absolute Gasteiger partial charge is 0.495 e. The zero-order valence-corrected chi connectivity index (χ0v) is 11.5. The Morgan fingerprint density at radius 2 is 2.06 bits per heavy atom. The second-order valence-electron chi connectivity index (χ2n) is 4.02. The van der Waals surface area contributed by atoms with Gasteiger partial charge in [-0.25, -0.2) is 0 Å². The van der Waals surface area contributed by atoms with Gasteiger partial charge in [-0.3, -0.25) is 4.79 Å². The lowest BCUT2D eigenvalue weighted by Crippen LogP contribution is -2.27. The number of alkyl halides is 1. The van der Waals surface area contributed by atoms with Gasteiger partial charge in [-0.15, -0.1) is 11.6 Å². The minimum atomic E-state index is -0.00902. The summed E-state index contributed by atoms with van der Waals surface area (Å²) in [6.07, 6.45) is 0.328. The zero-order chi connectivity index (χ0) is 13.0. The molecule has 0 N–H and O–H groups in total. The quantitative estimate of drug-likeness (QED) is 0.775. The van der Waals surface area contributed by atoms with E-state index in [2.05, 4.69) is 0 Å². The number of amides is 1. The molecule has 0 aliphatic heterocycles. The van der Waals surface area contributed by atoms with Gasteiger partial charge in [-0.1, -0.05) is 6.07 Å². The number of methoxy groups -OCH3 is 1. The topological polar surface area (TPSA) is 29.5 Å². The molecule has 0 atom stereocenters. The Morgan fingerprint density at radius 3 is 2.59 bits per heavy atom. The molecule has 0 heterocycles. The van der Waals surface area contributed by atoms with Crippen LogP contribution in [0.4, 0.5) is 5.69 Å². The molecule has 0 fully saturated rings. The maximum absolute atomic E-state index is 11.8. The number of ether oxygens (including phenoxy) is 1. The maximum Gasteiger partial charge on any atom is 0.228 e. The molecule has 0 aromatic heterocycles. The number of nitrogens with zero attached hydrogens (tertiary/aromatic N) is 1. The fraction of sp³-hybridized carbons (Fsp3) is 0.462. The van der Waals surface area contributed by atoms with Crippen LogP contribution in [0, 0.1) is 13.8 Å². The Bertz CT molecular complexity index is 418. The SMILES string of the molecule is COc1cc(C)cc(C)c1N(C)C(=O)CCCl. The van der Waals surface area contributed by atoms with Gasteiger partial charge in [0.1, 0.15) is 5.75 Å². The van der Waals surface area contributed by atoms with Gasteiger partial charge in [0.2, 0.25) is 5.91 Å². The van der Waals surface area contributed by atoms with Crippen LogP contribution < -0.4 is 9.64 Å². The van der Waals surface area contributed by atoms with Gasteiger partial charge in [-0.2, -0.15) is 0 Å². The van der Waals surface area contributed by atoms with Crippen LogP contribution in [-0.2, 0) is 4.79 Å². The second kappa shape index (κ2) is 5.92. The van der Waals surface area contributed by atoms with Crippen LogP contribution >= 0.6 is 11.6 Å². The molecule has 1 rings (SSSR count). The van der Waals surface area contributed by atoms with E-state index in [-0.39, 0.29) is 5.91 Å². The Labute approximate surface area is 107 Å². The van der Waals surface area contributed by atoms with Crippen molar-refractivity contribution < 1.29 is 9.53 Å². The molecule has 4 heteroatoms. The first-order valence-electron chi connectivity index (χ1n) is 5.49. The third kappa shape index (κ3) is 3.13.